The number of nitrogens with two attached hydrogens (primary N) is 1. The molecular formula is C11H10FNO2. The molecule has 0 unspecified atom stereocenters. The Balaban J connectivity index is 3.19. The van der Waals surface area contributed by atoms with Crippen LogP contribution < -0.4 is 5.73 Å². The third kappa shape index (κ3) is 2.74. The van der Waals surface area contributed by atoms with Crippen LogP contribution in [-0.4, -0.2) is 11.7 Å². The highest BCUT2D eigenvalue weighted by atomic mass is 19.1. The fourth-order valence-electron chi connectivity index (χ4n) is 1.09. The van der Waals surface area contributed by atoms with Gasteiger partial charge in [0.2, 0.25) is 0 Å². The Bertz CT molecular complexity index is 422. The maximum absolute atomic E-state index is 13.2. The average molecular weight is 207 g/mol. The number of halogens is 1. The second-order valence-electron chi connectivity index (χ2n) is 3.00. The first-order valence-electron chi connectivity index (χ1n) is 4.29. The van der Waals surface area contributed by atoms with Crippen molar-refractivity contribution in [3.05, 3.63) is 41.2 Å². The standard InChI is InChI=1S/C11H10FNO2/c1-7(14)9(11(13)15)6-8-4-2-3-5-10(8)12/h2-6H,1H3,(H2,13,15)/b9-6-. The maximum atomic E-state index is 13.2. The lowest BCUT2D eigenvalue weighted by atomic mass is 10.1. The molecule has 4 heteroatoms. The summed E-state index contributed by atoms with van der Waals surface area (Å²) >= 11 is 0. The SMILES string of the molecule is CC(=O)/C(=C/c1ccccc1F)C(N)=O. The molecule has 0 aromatic heterocycles. The summed E-state index contributed by atoms with van der Waals surface area (Å²) in [5.74, 6) is -1.84. The zero-order valence-electron chi connectivity index (χ0n) is 8.16. The van der Waals surface area contributed by atoms with Crippen molar-refractivity contribution in [3.63, 3.8) is 0 Å². The average Bonchev–Trinajstić information content (AvgIpc) is 2.15. The molecule has 78 valence electrons. The van der Waals surface area contributed by atoms with Crippen molar-refractivity contribution in [2.45, 2.75) is 6.92 Å². The molecular weight excluding hydrogens is 197 g/mol. The molecule has 0 radical (unpaired) electrons. The lowest BCUT2D eigenvalue weighted by Crippen LogP contribution is -2.18. The molecule has 0 fully saturated rings. The van der Waals surface area contributed by atoms with Gasteiger partial charge in [-0.1, -0.05) is 18.2 Å². The van der Waals surface area contributed by atoms with Gasteiger partial charge in [0.15, 0.2) is 5.78 Å². The fourth-order valence-corrected chi connectivity index (χ4v) is 1.09. The summed E-state index contributed by atoms with van der Waals surface area (Å²) in [6.07, 6.45) is 1.15. The smallest absolute Gasteiger partial charge is 0.252 e. The number of carbonyl (C=O) groups excluding carboxylic acids is 2. The van der Waals surface area contributed by atoms with Crippen LogP contribution in [0.5, 0.6) is 0 Å². The number of benzene rings is 1. The van der Waals surface area contributed by atoms with Gasteiger partial charge in [0.05, 0.1) is 5.57 Å². The van der Waals surface area contributed by atoms with E-state index in [1.54, 1.807) is 6.07 Å². The number of Topliss-reactive ketones (excluding diaryl/α,β-unsaturated/α-hetero) is 1. The molecule has 1 aromatic carbocycles. The number of rotatable bonds is 3. The summed E-state index contributed by atoms with van der Waals surface area (Å²) < 4.78 is 13.2. The lowest BCUT2D eigenvalue weighted by Gasteiger charge is -1.99. The molecule has 0 atom stereocenters. The van der Waals surface area contributed by atoms with E-state index in [2.05, 4.69) is 0 Å². The molecule has 15 heavy (non-hydrogen) atoms. The van der Waals surface area contributed by atoms with E-state index in [0.717, 1.165) is 6.08 Å². The van der Waals surface area contributed by atoms with Crippen molar-refractivity contribution in [1.82, 2.24) is 0 Å². The van der Waals surface area contributed by atoms with Crippen LogP contribution in [0.2, 0.25) is 0 Å². The van der Waals surface area contributed by atoms with E-state index in [-0.39, 0.29) is 11.1 Å². The second-order valence-corrected chi connectivity index (χ2v) is 3.00. The minimum atomic E-state index is -0.856. The predicted molar refractivity (Wildman–Crippen MR) is 54.3 cm³/mol. The van der Waals surface area contributed by atoms with Crippen LogP contribution in [0, 0.1) is 5.82 Å². The highest BCUT2D eigenvalue weighted by Crippen LogP contribution is 2.11. The van der Waals surface area contributed by atoms with Crippen molar-refractivity contribution >= 4 is 17.8 Å². The van der Waals surface area contributed by atoms with Crippen LogP contribution in [0.1, 0.15) is 12.5 Å². The molecule has 0 aliphatic heterocycles. The molecule has 1 rings (SSSR count). The first-order valence-corrected chi connectivity index (χ1v) is 4.29. The van der Waals surface area contributed by atoms with E-state index in [4.69, 9.17) is 5.73 Å². The number of hydrogen-bond acceptors (Lipinski definition) is 2. The largest absolute Gasteiger partial charge is 0.365 e. The van der Waals surface area contributed by atoms with Gasteiger partial charge in [-0.15, -0.1) is 0 Å². The van der Waals surface area contributed by atoms with Crippen LogP contribution in [0.25, 0.3) is 6.08 Å². The van der Waals surface area contributed by atoms with E-state index in [1.807, 2.05) is 0 Å². The van der Waals surface area contributed by atoms with E-state index in [0.29, 0.717) is 0 Å². The summed E-state index contributed by atoms with van der Waals surface area (Å²) in [6.45, 7) is 1.21. The van der Waals surface area contributed by atoms with Crippen molar-refractivity contribution in [2.75, 3.05) is 0 Å². The number of ketones is 1. The van der Waals surface area contributed by atoms with Gasteiger partial charge < -0.3 is 5.73 Å². The Hall–Kier alpha value is -1.97. The van der Waals surface area contributed by atoms with E-state index < -0.39 is 17.5 Å². The molecule has 0 saturated heterocycles. The van der Waals surface area contributed by atoms with Gasteiger partial charge in [-0.05, 0) is 19.1 Å². The van der Waals surface area contributed by atoms with Crippen LogP contribution in [-0.2, 0) is 9.59 Å². The Morgan fingerprint density at radius 2 is 1.93 bits per heavy atom. The van der Waals surface area contributed by atoms with Gasteiger partial charge in [0.1, 0.15) is 5.82 Å². The minimum Gasteiger partial charge on any atom is -0.365 e. The minimum absolute atomic E-state index is 0.168. The van der Waals surface area contributed by atoms with Gasteiger partial charge in [-0.2, -0.15) is 0 Å². The van der Waals surface area contributed by atoms with Crippen molar-refractivity contribution in [3.8, 4) is 0 Å². The fraction of sp³-hybridized carbons (Fsp3) is 0.0909. The number of amides is 1. The maximum Gasteiger partial charge on any atom is 0.252 e. The lowest BCUT2D eigenvalue weighted by molar-refractivity contribution is -0.119. The summed E-state index contributed by atoms with van der Waals surface area (Å²) in [6, 6.07) is 5.82. The highest BCUT2D eigenvalue weighted by molar-refractivity contribution is 6.21. The predicted octanol–water partition coefficient (Wildman–Crippen LogP) is 1.28. The molecule has 2 N–H and O–H groups in total. The Kier molecular flexibility index (Phi) is 3.33. The molecule has 0 bridgehead atoms. The molecule has 0 heterocycles. The van der Waals surface area contributed by atoms with E-state index >= 15 is 0 Å². The van der Waals surface area contributed by atoms with Gasteiger partial charge >= 0.3 is 0 Å². The normalized spacial score (nSPS) is 11.2. The van der Waals surface area contributed by atoms with Gasteiger partial charge in [0.25, 0.3) is 5.91 Å². The molecule has 3 nitrogen and oxygen atoms in total. The second kappa shape index (κ2) is 4.50. The molecule has 1 aromatic rings. The van der Waals surface area contributed by atoms with Gasteiger partial charge in [-0.25, -0.2) is 4.39 Å². The van der Waals surface area contributed by atoms with Crippen LogP contribution >= 0.6 is 0 Å². The van der Waals surface area contributed by atoms with Gasteiger partial charge in [0, 0.05) is 5.56 Å². The molecule has 0 aliphatic rings. The molecule has 0 saturated carbocycles. The third-order valence-corrected chi connectivity index (χ3v) is 1.85. The molecule has 1 amide bonds. The number of primary amides is 1. The molecule has 0 spiro atoms. The van der Waals surface area contributed by atoms with Crippen molar-refractivity contribution in [2.24, 2.45) is 5.73 Å². The summed E-state index contributed by atoms with van der Waals surface area (Å²) in [5, 5.41) is 0. The van der Waals surface area contributed by atoms with Crippen LogP contribution in [0.15, 0.2) is 29.8 Å². The van der Waals surface area contributed by atoms with Crippen molar-refractivity contribution in [1.29, 1.82) is 0 Å². The first kappa shape index (κ1) is 11.1. The monoisotopic (exact) mass is 207 g/mol. The Morgan fingerprint density at radius 3 is 2.40 bits per heavy atom. The van der Waals surface area contributed by atoms with Crippen molar-refractivity contribution < 1.29 is 14.0 Å². The van der Waals surface area contributed by atoms with Gasteiger partial charge in [-0.3, -0.25) is 9.59 Å². The number of carbonyl (C=O) groups is 2. The number of hydrogen-bond donors (Lipinski definition) is 1. The highest BCUT2D eigenvalue weighted by Gasteiger charge is 2.11. The Labute approximate surface area is 86.4 Å². The zero-order valence-corrected chi connectivity index (χ0v) is 8.16. The van der Waals surface area contributed by atoms with Crippen LogP contribution in [0.4, 0.5) is 4.39 Å². The summed E-state index contributed by atoms with van der Waals surface area (Å²) in [4.78, 5) is 21.9. The topological polar surface area (TPSA) is 60.2 Å². The van der Waals surface area contributed by atoms with E-state index in [1.165, 1.54) is 25.1 Å². The molecule has 0 aliphatic carbocycles. The summed E-state index contributed by atoms with van der Waals surface area (Å²) in [7, 11) is 0. The Morgan fingerprint density at radius 1 is 1.33 bits per heavy atom. The third-order valence-electron chi connectivity index (χ3n) is 1.85. The van der Waals surface area contributed by atoms with Crippen LogP contribution in [0.3, 0.4) is 0 Å². The quantitative estimate of drug-likeness (QED) is 0.461. The van der Waals surface area contributed by atoms with E-state index in [9.17, 15) is 14.0 Å². The summed E-state index contributed by atoms with van der Waals surface area (Å²) in [5.41, 5.74) is 4.94. The zero-order chi connectivity index (χ0) is 11.4. The first-order chi connectivity index (χ1) is 7.02.